The molecule has 1 rings (SSSR count). The van der Waals surface area contributed by atoms with Crippen LogP contribution in [0.5, 0.6) is 0 Å². The Morgan fingerprint density at radius 2 is 1.24 bits per heavy atom. The molecule has 1 saturated heterocycles. The number of allylic oxidation sites excluding steroid dienone is 4. The van der Waals surface area contributed by atoms with Crippen LogP contribution in [-0.4, -0.2) is 80.8 Å². The Labute approximate surface area is 332 Å². The Balaban J connectivity index is 2.36. The first-order chi connectivity index (χ1) is 26.0. The lowest BCUT2D eigenvalue weighted by atomic mass is 10.0. The van der Waals surface area contributed by atoms with Crippen LogP contribution in [0.2, 0.25) is 0 Å². The van der Waals surface area contributed by atoms with Gasteiger partial charge < -0.3 is 33.6 Å². The topological polar surface area (TPSA) is 120 Å². The fourth-order valence-corrected chi connectivity index (χ4v) is 7.09. The third-order valence-corrected chi connectivity index (χ3v) is 11.0. The number of nitrogens with one attached hydrogen (secondary N) is 1. The Kier molecular flexibility index (Phi) is 30.7. The lowest BCUT2D eigenvalue weighted by Crippen LogP contribution is -2.46. The van der Waals surface area contributed by atoms with Crippen LogP contribution in [0.3, 0.4) is 0 Å². The number of likely N-dealkylation sites (N-methyl/N-ethyl adjacent to an activating group) is 1. The molecule has 0 aromatic carbocycles. The number of aliphatic hydroxyl groups is 1. The second kappa shape index (κ2) is 32.7. The normalized spacial score (nSPS) is 18.5. The average molecular weight is 783 g/mol. The van der Waals surface area contributed by atoms with Crippen LogP contribution in [0.1, 0.15) is 174 Å². The quantitative estimate of drug-likeness (QED) is 0.0210. The molecule has 0 bridgehead atoms. The van der Waals surface area contributed by atoms with Gasteiger partial charge in [-0.1, -0.05) is 153 Å². The minimum Gasteiger partial charge on any atom is -0.756 e. The van der Waals surface area contributed by atoms with E-state index in [9.17, 15) is 19.4 Å². The molecule has 1 heterocycles. The maximum atomic E-state index is 12.9. The summed E-state index contributed by atoms with van der Waals surface area (Å²) < 4.78 is 29.0. The highest BCUT2D eigenvalue weighted by Gasteiger charge is 2.36. The lowest BCUT2D eigenvalue weighted by molar-refractivity contribution is -0.870. The van der Waals surface area contributed by atoms with Gasteiger partial charge in [-0.3, -0.25) is 9.36 Å². The SMILES string of the molecule is CCCCC/C=C\C/C=C\CC1OC1C/C=C\CCCC(=O)N[C@@H](COP(=O)([O-])OCC[N+](C)(C)C)[C@H](O)CCCCCCCCCCCCCCCC. The maximum Gasteiger partial charge on any atom is 0.268 e. The zero-order chi connectivity index (χ0) is 39.8. The van der Waals surface area contributed by atoms with E-state index in [1.165, 1.54) is 96.3 Å². The number of phosphoric acid groups is 1. The van der Waals surface area contributed by atoms with E-state index >= 15 is 0 Å². The number of phosphoric ester groups is 1. The molecule has 54 heavy (non-hydrogen) atoms. The van der Waals surface area contributed by atoms with Crippen molar-refractivity contribution < 1.29 is 37.6 Å². The Morgan fingerprint density at radius 1 is 0.741 bits per heavy atom. The van der Waals surface area contributed by atoms with Crippen LogP contribution in [-0.2, 0) is 23.1 Å². The van der Waals surface area contributed by atoms with Crippen molar-refractivity contribution in [2.45, 2.75) is 199 Å². The summed E-state index contributed by atoms with van der Waals surface area (Å²) in [6.45, 7) is 4.62. The van der Waals surface area contributed by atoms with Crippen molar-refractivity contribution in [3.8, 4) is 0 Å². The van der Waals surface area contributed by atoms with Crippen molar-refractivity contribution in [1.29, 1.82) is 0 Å². The molecular formula is C44H83N2O7P. The highest BCUT2D eigenvalue weighted by atomic mass is 31.2. The molecule has 0 spiro atoms. The van der Waals surface area contributed by atoms with Crippen LogP contribution in [0.15, 0.2) is 36.5 Å². The average Bonchev–Trinajstić information content (AvgIpc) is 3.87. The maximum absolute atomic E-state index is 12.9. The Hall–Kier alpha value is -1.32. The number of epoxide rings is 1. The molecule has 3 unspecified atom stereocenters. The molecule has 10 heteroatoms. The predicted molar refractivity (Wildman–Crippen MR) is 223 cm³/mol. The molecule has 9 nitrogen and oxygen atoms in total. The summed E-state index contributed by atoms with van der Waals surface area (Å²) >= 11 is 0. The number of carbonyl (C=O) groups is 1. The summed E-state index contributed by atoms with van der Waals surface area (Å²) in [6, 6.07) is -0.834. The first kappa shape index (κ1) is 50.7. The van der Waals surface area contributed by atoms with Gasteiger partial charge in [0.15, 0.2) is 0 Å². The fraction of sp³-hybridized carbons (Fsp3) is 0.841. The second-order valence-corrected chi connectivity index (χ2v) is 17.8. The molecule has 0 saturated carbocycles. The van der Waals surface area contributed by atoms with Gasteiger partial charge in [-0.2, -0.15) is 0 Å². The summed E-state index contributed by atoms with van der Waals surface area (Å²) in [5.74, 6) is -0.225. The van der Waals surface area contributed by atoms with Gasteiger partial charge >= 0.3 is 0 Å². The van der Waals surface area contributed by atoms with E-state index in [0.29, 0.717) is 30.0 Å². The van der Waals surface area contributed by atoms with E-state index in [0.717, 1.165) is 44.9 Å². The van der Waals surface area contributed by atoms with Crippen molar-refractivity contribution in [2.24, 2.45) is 0 Å². The number of quaternary nitrogens is 1. The van der Waals surface area contributed by atoms with E-state index in [2.05, 4.69) is 55.6 Å². The van der Waals surface area contributed by atoms with Gasteiger partial charge in [-0.15, -0.1) is 0 Å². The minimum absolute atomic E-state index is 0.00186. The first-order valence-electron chi connectivity index (χ1n) is 22.0. The molecule has 316 valence electrons. The predicted octanol–water partition coefficient (Wildman–Crippen LogP) is 10.3. The van der Waals surface area contributed by atoms with Gasteiger partial charge in [-0.05, 0) is 51.4 Å². The molecule has 0 aromatic heterocycles. The summed E-state index contributed by atoms with van der Waals surface area (Å²) in [5, 5.41) is 13.9. The van der Waals surface area contributed by atoms with Gasteiger partial charge in [0.1, 0.15) is 13.2 Å². The largest absolute Gasteiger partial charge is 0.756 e. The van der Waals surface area contributed by atoms with Crippen LogP contribution < -0.4 is 10.2 Å². The molecule has 1 amide bonds. The zero-order valence-corrected chi connectivity index (χ0v) is 36.3. The molecular weight excluding hydrogens is 699 g/mol. The second-order valence-electron chi connectivity index (χ2n) is 16.4. The number of rotatable bonds is 38. The monoisotopic (exact) mass is 783 g/mol. The van der Waals surface area contributed by atoms with E-state index in [4.69, 9.17) is 13.8 Å². The van der Waals surface area contributed by atoms with Crippen LogP contribution in [0.4, 0.5) is 0 Å². The van der Waals surface area contributed by atoms with Gasteiger partial charge in [0.05, 0.1) is 52.1 Å². The minimum atomic E-state index is -4.58. The van der Waals surface area contributed by atoms with Crippen molar-refractivity contribution in [3.05, 3.63) is 36.5 Å². The number of carbonyl (C=O) groups excluding carboxylic acids is 1. The smallest absolute Gasteiger partial charge is 0.268 e. The highest BCUT2D eigenvalue weighted by Crippen LogP contribution is 2.38. The van der Waals surface area contributed by atoms with Gasteiger partial charge in [0.2, 0.25) is 5.91 Å². The third kappa shape index (κ3) is 31.8. The zero-order valence-electron chi connectivity index (χ0n) is 35.4. The van der Waals surface area contributed by atoms with E-state index in [-0.39, 0.29) is 31.6 Å². The van der Waals surface area contributed by atoms with Crippen molar-refractivity contribution in [2.75, 3.05) is 40.9 Å². The number of amides is 1. The molecule has 2 N–H and O–H groups in total. The van der Waals surface area contributed by atoms with Crippen LogP contribution in [0.25, 0.3) is 0 Å². The molecule has 1 aliphatic rings. The molecule has 1 aliphatic heterocycles. The first-order valence-corrected chi connectivity index (χ1v) is 23.4. The van der Waals surface area contributed by atoms with Crippen LogP contribution in [0, 0.1) is 0 Å². The number of unbranched alkanes of at least 4 members (excludes halogenated alkanes) is 17. The number of hydrogen-bond donors (Lipinski definition) is 2. The Morgan fingerprint density at radius 3 is 1.83 bits per heavy atom. The third-order valence-electron chi connectivity index (χ3n) is 10.0. The molecule has 1 fully saturated rings. The Bertz CT molecular complexity index is 1040. The van der Waals surface area contributed by atoms with E-state index in [1.807, 2.05) is 21.1 Å². The van der Waals surface area contributed by atoms with E-state index in [1.54, 1.807) is 0 Å². The van der Waals surface area contributed by atoms with Crippen molar-refractivity contribution >= 4 is 13.7 Å². The highest BCUT2D eigenvalue weighted by molar-refractivity contribution is 7.45. The summed E-state index contributed by atoms with van der Waals surface area (Å²) in [5.41, 5.74) is 0. The molecule has 5 atom stereocenters. The van der Waals surface area contributed by atoms with Gasteiger partial charge in [0.25, 0.3) is 7.82 Å². The summed E-state index contributed by atoms with van der Waals surface area (Å²) in [4.78, 5) is 25.3. The van der Waals surface area contributed by atoms with Crippen molar-refractivity contribution in [3.63, 3.8) is 0 Å². The number of ether oxygens (including phenoxy) is 1. The van der Waals surface area contributed by atoms with Crippen molar-refractivity contribution in [1.82, 2.24) is 5.32 Å². The van der Waals surface area contributed by atoms with Crippen LogP contribution >= 0.6 is 7.82 Å². The number of nitrogens with zero attached hydrogens (tertiary/aromatic N) is 1. The van der Waals surface area contributed by atoms with Gasteiger partial charge in [-0.25, -0.2) is 0 Å². The lowest BCUT2D eigenvalue weighted by Gasteiger charge is -2.30. The fourth-order valence-electron chi connectivity index (χ4n) is 6.37. The van der Waals surface area contributed by atoms with Gasteiger partial charge in [0, 0.05) is 6.42 Å². The molecule has 0 aliphatic carbocycles. The van der Waals surface area contributed by atoms with E-state index < -0.39 is 20.0 Å². The number of hydrogen-bond acceptors (Lipinski definition) is 7. The molecule has 0 aromatic rings. The standard InChI is InChI=1S/C44H83N2O7P/c1-6-8-10-12-14-16-17-18-19-20-22-23-25-29-33-41(47)40(39-52-54(49,50)51-38-37-46(3,4)5)45-44(48)36-32-28-27-31-35-43-42(53-43)34-30-26-24-21-15-13-11-9-7-2/h15,21,26-27,30-31,40-43,47H,6-14,16-20,22-25,28-29,32-39H2,1-5H3,(H-,45,48,49,50)/b21-15-,30-26-,31-27-/t40-,41+,42?,43?/m0/s1. The summed E-state index contributed by atoms with van der Waals surface area (Å²) in [7, 11) is 1.26. The number of aliphatic hydroxyl groups excluding tert-OH is 1. The summed E-state index contributed by atoms with van der Waals surface area (Å²) in [6.07, 6.45) is 40.3. The molecule has 0 radical (unpaired) electrons.